The molecule has 17 heavy (non-hydrogen) atoms. The van der Waals surface area contributed by atoms with E-state index in [1.54, 1.807) is 20.3 Å². The van der Waals surface area contributed by atoms with Crippen LogP contribution >= 0.6 is 0 Å². The van der Waals surface area contributed by atoms with Crippen molar-refractivity contribution in [2.45, 2.75) is 0 Å². The fraction of sp³-hybridized carbons (Fsp3) is 0.167. The molecular weight excluding hydrogens is 218 g/mol. The molecule has 1 aromatic heterocycles. The van der Waals surface area contributed by atoms with Gasteiger partial charge in [0.25, 0.3) is 0 Å². The SMILES string of the molecule is COc1ccc(-c2ncc(C#N)[nH]2)c(OC)c1. The Bertz CT molecular complexity index is 569. The van der Waals surface area contributed by atoms with Crippen LogP contribution in [0, 0.1) is 11.3 Å². The highest BCUT2D eigenvalue weighted by Crippen LogP contribution is 2.31. The van der Waals surface area contributed by atoms with E-state index in [-0.39, 0.29) is 0 Å². The number of aromatic amines is 1. The zero-order valence-electron chi connectivity index (χ0n) is 9.52. The van der Waals surface area contributed by atoms with Crippen LogP contribution in [0.3, 0.4) is 0 Å². The van der Waals surface area contributed by atoms with Crippen molar-refractivity contribution in [3.05, 3.63) is 30.1 Å². The van der Waals surface area contributed by atoms with Crippen molar-refractivity contribution >= 4 is 0 Å². The number of nitriles is 1. The van der Waals surface area contributed by atoms with E-state index >= 15 is 0 Å². The van der Waals surface area contributed by atoms with Gasteiger partial charge in [0.2, 0.25) is 0 Å². The molecule has 86 valence electrons. The second kappa shape index (κ2) is 4.58. The molecule has 1 heterocycles. The number of aromatic nitrogens is 2. The van der Waals surface area contributed by atoms with Gasteiger partial charge in [-0.15, -0.1) is 0 Å². The quantitative estimate of drug-likeness (QED) is 0.873. The van der Waals surface area contributed by atoms with E-state index in [9.17, 15) is 0 Å². The minimum absolute atomic E-state index is 0.415. The first kappa shape index (κ1) is 11.0. The van der Waals surface area contributed by atoms with Gasteiger partial charge < -0.3 is 14.5 Å². The molecule has 0 fully saturated rings. The van der Waals surface area contributed by atoms with Gasteiger partial charge in [-0.05, 0) is 12.1 Å². The molecule has 0 unspecified atom stereocenters. The standard InChI is InChI=1S/C12H11N3O2/c1-16-9-3-4-10(11(5-9)17-2)12-14-7-8(6-13)15-12/h3-5,7H,1-2H3,(H,14,15). The Morgan fingerprint density at radius 1 is 1.29 bits per heavy atom. The summed E-state index contributed by atoms with van der Waals surface area (Å²) in [7, 11) is 3.17. The number of rotatable bonds is 3. The Morgan fingerprint density at radius 2 is 2.12 bits per heavy atom. The Kier molecular flexibility index (Phi) is 2.97. The molecule has 0 saturated carbocycles. The van der Waals surface area contributed by atoms with Crippen LogP contribution in [0.1, 0.15) is 5.69 Å². The lowest BCUT2D eigenvalue weighted by Crippen LogP contribution is -1.91. The van der Waals surface area contributed by atoms with Gasteiger partial charge in [-0.2, -0.15) is 5.26 Å². The summed E-state index contributed by atoms with van der Waals surface area (Å²) in [4.78, 5) is 7.02. The second-order valence-corrected chi connectivity index (χ2v) is 3.32. The monoisotopic (exact) mass is 229 g/mol. The maximum atomic E-state index is 8.73. The van der Waals surface area contributed by atoms with E-state index in [4.69, 9.17) is 14.7 Å². The molecule has 1 aromatic carbocycles. The first-order valence-electron chi connectivity index (χ1n) is 4.96. The number of nitrogens with zero attached hydrogens (tertiary/aromatic N) is 2. The molecule has 5 nitrogen and oxygen atoms in total. The predicted octanol–water partition coefficient (Wildman–Crippen LogP) is 1.97. The Morgan fingerprint density at radius 3 is 2.71 bits per heavy atom. The van der Waals surface area contributed by atoms with Crippen LogP contribution in [0.15, 0.2) is 24.4 Å². The molecule has 0 spiro atoms. The van der Waals surface area contributed by atoms with Gasteiger partial charge in [-0.1, -0.05) is 0 Å². The minimum Gasteiger partial charge on any atom is -0.497 e. The average Bonchev–Trinajstić information content (AvgIpc) is 2.86. The molecule has 2 aromatic rings. The van der Waals surface area contributed by atoms with Crippen LogP contribution in [-0.4, -0.2) is 24.2 Å². The molecule has 5 heteroatoms. The number of H-pyrrole nitrogens is 1. The molecule has 0 bridgehead atoms. The van der Waals surface area contributed by atoms with Crippen LogP contribution in [0.25, 0.3) is 11.4 Å². The second-order valence-electron chi connectivity index (χ2n) is 3.32. The smallest absolute Gasteiger partial charge is 0.142 e. The summed E-state index contributed by atoms with van der Waals surface area (Å²) in [5.74, 6) is 1.95. The van der Waals surface area contributed by atoms with E-state index < -0.39 is 0 Å². The lowest BCUT2D eigenvalue weighted by atomic mass is 10.2. The summed E-state index contributed by atoms with van der Waals surface area (Å²) >= 11 is 0. The predicted molar refractivity (Wildman–Crippen MR) is 61.8 cm³/mol. The number of nitrogens with one attached hydrogen (secondary N) is 1. The first-order chi connectivity index (χ1) is 8.28. The molecule has 0 saturated heterocycles. The first-order valence-corrected chi connectivity index (χ1v) is 4.96. The van der Waals surface area contributed by atoms with Crippen LogP contribution in [-0.2, 0) is 0 Å². The third kappa shape index (κ3) is 2.06. The number of hydrogen-bond donors (Lipinski definition) is 1. The summed E-state index contributed by atoms with van der Waals surface area (Å²) in [6.45, 7) is 0. The van der Waals surface area contributed by atoms with Crippen LogP contribution in [0.2, 0.25) is 0 Å². The highest BCUT2D eigenvalue weighted by molar-refractivity contribution is 5.66. The molecule has 0 aliphatic heterocycles. The largest absolute Gasteiger partial charge is 0.497 e. The fourth-order valence-electron chi connectivity index (χ4n) is 1.51. The third-order valence-electron chi connectivity index (χ3n) is 2.36. The van der Waals surface area contributed by atoms with Crippen molar-refractivity contribution < 1.29 is 9.47 Å². The van der Waals surface area contributed by atoms with Crippen molar-refractivity contribution in [1.82, 2.24) is 9.97 Å². The number of ether oxygens (including phenoxy) is 2. The summed E-state index contributed by atoms with van der Waals surface area (Å²) in [5, 5.41) is 8.73. The van der Waals surface area contributed by atoms with Gasteiger partial charge in [0.15, 0.2) is 0 Å². The Labute approximate surface area is 98.6 Å². The van der Waals surface area contributed by atoms with E-state index in [2.05, 4.69) is 9.97 Å². The van der Waals surface area contributed by atoms with Crippen molar-refractivity contribution in [2.24, 2.45) is 0 Å². The van der Waals surface area contributed by atoms with E-state index in [1.165, 1.54) is 6.20 Å². The van der Waals surface area contributed by atoms with Gasteiger partial charge in [-0.25, -0.2) is 4.98 Å². The average molecular weight is 229 g/mol. The molecule has 0 atom stereocenters. The van der Waals surface area contributed by atoms with Gasteiger partial charge in [0, 0.05) is 6.07 Å². The highest BCUT2D eigenvalue weighted by atomic mass is 16.5. The molecule has 0 radical (unpaired) electrons. The number of methoxy groups -OCH3 is 2. The summed E-state index contributed by atoms with van der Waals surface area (Å²) in [6.07, 6.45) is 1.49. The molecule has 0 aliphatic carbocycles. The molecule has 2 rings (SSSR count). The maximum Gasteiger partial charge on any atom is 0.142 e. The van der Waals surface area contributed by atoms with Crippen molar-refractivity contribution in [1.29, 1.82) is 5.26 Å². The van der Waals surface area contributed by atoms with Gasteiger partial charge >= 0.3 is 0 Å². The van der Waals surface area contributed by atoms with Crippen molar-refractivity contribution in [3.63, 3.8) is 0 Å². The maximum absolute atomic E-state index is 8.73. The Balaban J connectivity index is 2.48. The van der Waals surface area contributed by atoms with Gasteiger partial charge in [-0.3, -0.25) is 0 Å². The molecular formula is C12H11N3O2. The zero-order valence-corrected chi connectivity index (χ0v) is 9.52. The summed E-state index contributed by atoms with van der Waals surface area (Å²) in [6, 6.07) is 7.40. The lowest BCUT2D eigenvalue weighted by Gasteiger charge is -2.08. The summed E-state index contributed by atoms with van der Waals surface area (Å²) in [5.41, 5.74) is 1.20. The van der Waals surface area contributed by atoms with Crippen LogP contribution in [0.5, 0.6) is 11.5 Å². The van der Waals surface area contributed by atoms with E-state index in [0.29, 0.717) is 23.0 Å². The minimum atomic E-state index is 0.415. The Hall–Kier alpha value is -2.48. The third-order valence-corrected chi connectivity index (χ3v) is 2.36. The molecule has 0 amide bonds. The number of hydrogen-bond acceptors (Lipinski definition) is 4. The van der Waals surface area contributed by atoms with Gasteiger partial charge in [0.05, 0.1) is 26.0 Å². The van der Waals surface area contributed by atoms with E-state index in [1.807, 2.05) is 18.2 Å². The normalized spacial score (nSPS) is 9.71. The van der Waals surface area contributed by atoms with Gasteiger partial charge in [0.1, 0.15) is 29.1 Å². The zero-order chi connectivity index (χ0) is 12.3. The number of imidazole rings is 1. The lowest BCUT2D eigenvalue weighted by molar-refractivity contribution is 0.395. The number of benzene rings is 1. The molecule has 1 N–H and O–H groups in total. The van der Waals surface area contributed by atoms with Crippen molar-refractivity contribution in [2.75, 3.05) is 14.2 Å². The topological polar surface area (TPSA) is 70.9 Å². The van der Waals surface area contributed by atoms with Crippen LogP contribution in [0.4, 0.5) is 0 Å². The highest BCUT2D eigenvalue weighted by Gasteiger charge is 2.10. The fourth-order valence-corrected chi connectivity index (χ4v) is 1.51. The van der Waals surface area contributed by atoms with Crippen LogP contribution < -0.4 is 9.47 Å². The summed E-state index contributed by atoms with van der Waals surface area (Å²) < 4.78 is 10.4. The molecule has 0 aliphatic rings. The van der Waals surface area contributed by atoms with Crippen molar-refractivity contribution in [3.8, 4) is 29.0 Å². The van der Waals surface area contributed by atoms with E-state index in [0.717, 1.165) is 5.56 Å².